The lowest BCUT2D eigenvalue weighted by Gasteiger charge is -2.24. The van der Waals surface area contributed by atoms with Crippen LogP contribution in [0.25, 0.3) is 50.4 Å². The fourth-order valence-electron chi connectivity index (χ4n) is 7.28. The van der Waals surface area contributed by atoms with Crippen LogP contribution in [0.3, 0.4) is 0 Å². The smallest absolute Gasteiger partial charge is 0.145 e. The minimum atomic E-state index is 0.306. The second-order valence-electron chi connectivity index (χ2n) is 13.1. The first-order valence-corrected chi connectivity index (χ1v) is 16.4. The maximum Gasteiger partial charge on any atom is 0.145 e. The van der Waals surface area contributed by atoms with Crippen molar-refractivity contribution < 1.29 is 0 Å². The summed E-state index contributed by atoms with van der Waals surface area (Å²) in [6.45, 7) is 9.01. The van der Waals surface area contributed by atoms with Gasteiger partial charge >= 0.3 is 0 Å². The second-order valence-corrected chi connectivity index (χ2v) is 13.1. The average Bonchev–Trinajstić information content (AvgIpc) is 3.44. The van der Waals surface area contributed by atoms with Crippen LogP contribution in [0.4, 0.5) is 0 Å². The number of nitrogens with zero attached hydrogens (tertiary/aromatic N) is 2. The van der Waals surface area contributed by atoms with E-state index in [1.807, 2.05) is 0 Å². The molecule has 0 atom stereocenters. The summed E-state index contributed by atoms with van der Waals surface area (Å²) < 4.78 is 2.44. The molecule has 0 N–H and O–H groups in total. The summed E-state index contributed by atoms with van der Waals surface area (Å²) in [5.41, 5.74) is 14.9. The van der Waals surface area contributed by atoms with E-state index in [2.05, 4.69) is 141 Å². The Labute approximate surface area is 262 Å². The van der Waals surface area contributed by atoms with E-state index in [0.29, 0.717) is 11.8 Å². The van der Waals surface area contributed by atoms with Crippen molar-refractivity contribution in [3.63, 3.8) is 0 Å². The number of rotatable bonds is 6. The summed E-state index contributed by atoms with van der Waals surface area (Å²) in [4.78, 5) is 5.30. The first-order valence-electron chi connectivity index (χ1n) is 16.4. The van der Waals surface area contributed by atoms with Gasteiger partial charge in [-0.15, -0.1) is 0 Å². The fourth-order valence-corrected chi connectivity index (χ4v) is 7.28. The molecule has 0 radical (unpaired) electrons. The Bertz CT molecular complexity index is 1900. The van der Waals surface area contributed by atoms with Crippen LogP contribution in [-0.4, -0.2) is 9.55 Å². The zero-order chi connectivity index (χ0) is 30.2. The highest BCUT2D eigenvalue weighted by atomic mass is 15.1. The number of para-hydroxylation sites is 2. The summed E-state index contributed by atoms with van der Waals surface area (Å²) in [5, 5.41) is 0. The number of aryl methyl sites for hydroxylation is 2. The van der Waals surface area contributed by atoms with Gasteiger partial charge in [0.1, 0.15) is 5.82 Å². The highest BCUT2D eigenvalue weighted by Crippen LogP contribution is 2.42. The van der Waals surface area contributed by atoms with E-state index >= 15 is 0 Å². The van der Waals surface area contributed by atoms with Crippen LogP contribution in [0.5, 0.6) is 0 Å². The third kappa shape index (κ3) is 5.39. The molecular weight excluding hydrogens is 532 g/mol. The summed E-state index contributed by atoms with van der Waals surface area (Å²) in [6, 6.07) is 40.5. The topological polar surface area (TPSA) is 17.8 Å². The summed E-state index contributed by atoms with van der Waals surface area (Å²) in [6.07, 6.45) is 6.69. The van der Waals surface area contributed by atoms with Crippen molar-refractivity contribution in [2.75, 3.05) is 0 Å². The Morgan fingerprint density at radius 3 is 2.00 bits per heavy atom. The van der Waals surface area contributed by atoms with Gasteiger partial charge in [0.15, 0.2) is 0 Å². The molecule has 1 aliphatic carbocycles. The van der Waals surface area contributed by atoms with Crippen molar-refractivity contribution in [2.45, 2.75) is 71.6 Å². The van der Waals surface area contributed by atoms with Crippen LogP contribution in [-0.2, 0) is 0 Å². The van der Waals surface area contributed by atoms with Gasteiger partial charge in [0, 0.05) is 11.1 Å². The molecular formula is C42H42N2. The lowest BCUT2D eigenvalue weighted by atomic mass is 9.84. The lowest BCUT2D eigenvalue weighted by Crippen LogP contribution is -2.07. The molecule has 1 saturated carbocycles. The van der Waals surface area contributed by atoms with Crippen molar-refractivity contribution in [1.29, 1.82) is 0 Å². The van der Waals surface area contributed by atoms with E-state index in [9.17, 15) is 0 Å². The van der Waals surface area contributed by atoms with E-state index in [4.69, 9.17) is 4.98 Å². The van der Waals surface area contributed by atoms with Gasteiger partial charge in [0.2, 0.25) is 0 Å². The molecule has 0 spiro atoms. The summed E-state index contributed by atoms with van der Waals surface area (Å²) in [5.74, 6) is 1.99. The number of hydrogen-bond acceptors (Lipinski definition) is 1. The molecule has 1 aromatic heterocycles. The molecule has 1 fully saturated rings. The molecule has 0 saturated heterocycles. The third-order valence-corrected chi connectivity index (χ3v) is 9.43. The van der Waals surface area contributed by atoms with E-state index < -0.39 is 0 Å². The van der Waals surface area contributed by atoms with Crippen LogP contribution in [0.2, 0.25) is 0 Å². The Morgan fingerprint density at radius 2 is 1.30 bits per heavy atom. The van der Waals surface area contributed by atoms with Crippen LogP contribution < -0.4 is 0 Å². The maximum atomic E-state index is 5.30. The van der Waals surface area contributed by atoms with Gasteiger partial charge in [-0.2, -0.15) is 0 Å². The van der Waals surface area contributed by atoms with Crippen molar-refractivity contribution in [3.8, 4) is 39.3 Å². The van der Waals surface area contributed by atoms with Gasteiger partial charge in [-0.1, -0.05) is 129 Å². The minimum absolute atomic E-state index is 0.306. The maximum absolute atomic E-state index is 5.30. The molecule has 1 heterocycles. The molecule has 5 aromatic carbocycles. The van der Waals surface area contributed by atoms with Crippen LogP contribution in [0.1, 0.15) is 80.0 Å². The Kier molecular flexibility index (Phi) is 7.68. The number of benzene rings is 5. The zero-order valence-electron chi connectivity index (χ0n) is 26.5. The summed E-state index contributed by atoms with van der Waals surface area (Å²) >= 11 is 0. The molecule has 0 bridgehead atoms. The molecule has 0 amide bonds. The Morgan fingerprint density at radius 1 is 0.636 bits per heavy atom. The van der Waals surface area contributed by atoms with Gasteiger partial charge in [-0.25, -0.2) is 4.98 Å². The highest BCUT2D eigenvalue weighted by Gasteiger charge is 2.24. The first-order chi connectivity index (χ1) is 21.5. The molecule has 220 valence electrons. The molecule has 2 nitrogen and oxygen atoms in total. The van der Waals surface area contributed by atoms with E-state index in [1.54, 1.807) is 0 Å². The average molecular weight is 575 g/mol. The van der Waals surface area contributed by atoms with Crippen molar-refractivity contribution >= 4 is 11.0 Å². The Balaban J connectivity index is 1.49. The van der Waals surface area contributed by atoms with E-state index in [0.717, 1.165) is 22.4 Å². The molecule has 44 heavy (non-hydrogen) atoms. The quantitative estimate of drug-likeness (QED) is 0.193. The van der Waals surface area contributed by atoms with E-state index in [-0.39, 0.29) is 0 Å². The van der Waals surface area contributed by atoms with Gasteiger partial charge in [-0.3, -0.25) is 4.57 Å². The molecule has 2 heteroatoms. The van der Waals surface area contributed by atoms with Crippen LogP contribution >= 0.6 is 0 Å². The van der Waals surface area contributed by atoms with Gasteiger partial charge in [0.25, 0.3) is 0 Å². The number of hydrogen-bond donors (Lipinski definition) is 0. The second kappa shape index (κ2) is 11.9. The van der Waals surface area contributed by atoms with Crippen molar-refractivity contribution in [2.24, 2.45) is 0 Å². The monoisotopic (exact) mass is 574 g/mol. The van der Waals surface area contributed by atoms with Crippen molar-refractivity contribution in [1.82, 2.24) is 9.55 Å². The number of aromatic nitrogens is 2. The Hall–Kier alpha value is -4.43. The normalized spacial score (nSPS) is 14.0. The van der Waals surface area contributed by atoms with Crippen LogP contribution in [0, 0.1) is 13.8 Å². The van der Waals surface area contributed by atoms with Gasteiger partial charge in [0.05, 0.1) is 16.7 Å². The standard InChI is InChI=1S/C42H42N2/c1-28(2)37-26-36(35-24-29(3)23-30(4)25-35)27-38(33-15-9-6-10-16-33)41(37)44-40-18-12-11-17-39(40)43-42(44)34-21-19-32(20-22-34)31-13-7-5-8-14-31/h6,9-12,15-28,31H,5,7-8,13-14H2,1-4H3. The molecule has 7 rings (SSSR count). The summed E-state index contributed by atoms with van der Waals surface area (Å²) in [7, 11) is 0. The molecule has 0 aliphatic heterocycles. The predicted molar refractivity (Wildman–Crippen MR) is 187 cm³/mol. The lowest BCUT2D eigenvalue weighted by molar-refractivity contribution is 0.443. The van der Waals surface area contributed by atoms with Gasteiger partial charge in [-0.05, 0) is 90.6 Å². The highest BCUT2D eigenvalue weighted by molar-refractivity contribution is 5.89. The molecule has 6 aromatic rings. The number of fused-ring (bicyclic) bond motifs is 1. The fraction of sp³-hybridized carbons (Fsp3) is 0.262. The number of imidazole rings is 1. The van der Waals surface area contributed by atoms with Crippen molar-refractivity contribution in [3.05, 3.63) is 131 Å². The minimum Gasteiger partial charge on any atom is -0.291 e. The predicted octanol–water partition coefficient (Wildman–Crippen LogP) is 11.8. The largest absolute Gasteiger partial charge is 0.291 e. The van der Waals surface area contributed by atoms with Gasteiger partial charge < -0.3 is 0 Å². The zero-order valence-corrected chi connectivity index (χ0v) is 26.5. The van der Waals surface area contributed by atoms with Crippen LogP contribution in [0.15, 0.2) is 109 Å². The molecule has 1 aliphatic rings. The molecule has 0 unspecified atom stereocenters. The first kappa shape index (κ1) is 28.3. The van der Waals surface area contributed by atoms with E-state index in [1.165, 1.54) is 82.3 Å². The SMILES string of the molecule is Cc1cc(C)cc(-c2cc(-c3ccccc3)c(-n3c(-c4ccc(C5CCCCC5)cc4)nc4ccccc43)c(C(C)C)c2)c1. The third-order valence-electron chi connectivity index (χ3n) is 9.43.